The maximum Gasteiger partial charge on any atom is 0.271 e. The summed E-state index contributed by atoms with van der Waals surface area (Å²) in [6.07, 6.45) is 1.68. The highest BCUT2D eigenvalue weighted by atomic mass is 16.5. The highest BCUT2D eigenvalue weighted by Gasteiger charge is 2.09. The van der Waals surface area contributed by atoms with Crippen molar-refractivity contribution in [3.8, 4) is 17.1 Å². The second-order valence-corrected chi connectivity index (χ2v) is 7.12. The highest BCUT2D eigenvalue weighted by molar-refractivity contribution is 5.98. The van der Waals surface area contributed by atoms with Crippen LogP contribution in [-0.2, 0) is 0 Å². The molecular formula is C24H22N4O2. The number of rotatable bonds is 6. The Morgan fingerprint density at radius 1 is 1.07 bits per heavy atom. The highest BCUT2D eigenvalue weighted by Crippen LogP contribution is 2.21. The minimum absolute atomic E-state index is 0.0942. The Morgan fingerprint density at radius 3 is 2.70 bits per heavy atom. The molecule has 2 N–H and O–H groups in total. The van der Waals surface area contributed by atoms with Crippen LogP contribution in [0.4, 0.5) is 0 Å². The number of ether oxygens (including phenoxy) is 1. The molecule has 1 amide bonds. The summed E-state index contributed by atoms with van der Waals surface area (Å²) < 4.78 is 5.67. The van der Waals surface area contributed by atoms with Gasteiger partial charge in [0.15, 0.2) is 0 Å². The molecule has 0 aliphatic carbocycles. The lowest BCUT2D eigenvalue weighted by atomic mass is 10.2. The summed E-state index contributed by atoms with van der Waals surface area (Å²) in [5.41, 5.74) is 6.49. The van der Waals surface area contributed by atoms with Crippen LogP contribution in [0.15, 0.2) is 77.9 Å². The fourth-order valence-electron chi connectivity index (χ4n) is 3.05. The molecule has 150 valence electrons. The summed E-state index contributed by atoms with van der Waals surface area (Å²) in [4.78, 5) is 20.3. The maximum atomic E-state index is 12.5. The minimum Gasteiger partial charge on any atom is -0.491 e. The van der Waals surface area contributed by atoms with E-state index in [1.165, 1.54) is 0 Å². The Bertz CT molecular complexity index is 1200. The number of imidazole rings is 1. The average molecular weight is 398 g/mol. The van der Waals surface area contributed by atoms with Gasteiger partial charge in [0.05, 0.1) is 23.4 Å². The molecule has 0 aliphatic rings. The van der Waals surface area contributed by atoms with Crippen molar-refractivity contribution in [2.75, 3.05) is 0 Å². The summed E-state index contributed by atoms with van der Waals surface area (Å²) in [5.74, 6) is 1.24. The number of amides is 1. The van der Waals surface area contributed by atoms with Gasteiger partial charge in [-0.15, -0.1) is 0 Å². The van der Waals surface area contributed by atoms with Crippen molar-refractivity contribution in [1.29, 1.82) is 0 Å². The van der Waals surface area contributed by atoms with E-state index in [-0.39, 0.29) is 12.0 Å². The molecule has 0 bridgehead atoms. The zero-order valence-corrected chi connectivity index (χ0v) is 16.8. The lowest BCUT2D eigenvalue weighted by Crippen LogP contribution is -2.17. The third-order valence-electron chi connectivity index (χ3n) is 4.40. The van der Waals surface area contributed by atoms with E-state index >= 15 is 0 Å². The zero-order chi connectivity index (χ0) is 20.9. The van der Waals surface area contributed by atoms with Gasteiger partial charge in [0.25, 0.3) is 5.91 Å². The van der Waals surface area contributed by atoms with Crippen LogP contribution in [0.3, 0.4) is 0 Å². The summed E-state index contributed by atoms with van der Waals surface area (Å²) in [6, 6.07) is 22.7. The van der Waals surface area contributed by atoms with E-state index in [2.05, 4.69) is 20.5 Å². The van der Waals surface area contributed by atoms with Crippen LogP contribution in [0.25, 0.3) is 22.4 Å². The van der Waals surface area contributed by atoms with E-state index in [4.69, 9.17) is 4.74 Å². The number of carbonyl (C=O) groups is 1. The lowest BCUT2D eigenvalue weighted by Gasteiger charge is -2.09. The lowest BCUT2D eigenvalue weighted by molar-refractivity contribution is 0.0955. The number of fused-ring (bicyclic) bond motifs is 1. The predicted molar refractivity (Wildman–Crippen MR) is 119 cm³/mol. The Morgan fingerprint density at radius 2 is 1.90 bits per heavy atom. The van der Waals surface area contributed by atoms with E-state index in [0.717, 1.165) is 33.7 Å². The normalized spacial score (nSPS) is 11.3. The van der Waals surface area contributed by atoms with Gasteiger partial charge in [-0.2, -0.15) is 5.10 Å². The van der Waals surface area contributed by atoms with Crippen molar-refractivity contribution in [2.24, 2.45) is 5.10 Å². The molecule has 1 heterocycles. The SMILES string of the molecule is CC(C)Oc1cccc(/C=N/NC(=O)c2ccc3nc(-c4ccccc4)[nH]c3c2)c1. The molecule has 0 aliphatic heterocycles. The summed E-state index contributed by atoms with van der Waals surface area (Å²) in [7, 11) is 0. The number of nitrogens with zero attached hydrogens (tertiary/aromatic N) is 2. The molecule has 0 unspecified atom stereocenters. The fraction of sp³-hybridized carbons (Fsp3) is 0.125. The van der Waals surface area contributed by atoms with Gasteiger partial charge in [0.1, 0.15) is 11.6 Å². The van der Waals surface area contributed by atoms with Gasteiger partial charge in [-0.3, -0.25) is 4.79 Å². The van der Waals surface area contributed by atoms with Gasteiger partial charge >= 0.3 is 0 Å². The first kappa shape index (κ1) is 19.4. The third-order valence-corrected chi connectivity index (χ3v) is 4.40. The van der Waals surface area contributed by atoms with E-state index in [9.17, 15) is 4.79 Å². The van der Waals surface area contributed by atoms with E-state index in [0.29, 0.717) is 5.56 Å². The van der Waals surface area contributed by atoms with Gasteiger partial charge in [-0.1, -0.05) is 42.5 Å². The van der Waals surface area contributed by atoms with Gasteiger partial charge in [-0.25, -0.2) is 10.4 Å². The second kappa shape index (κ2) is 8.61. The number of H-pyrrole nitrogens is 1. The molecule has 0 spiro atoms. The van der Waals surface area contributed by atoms with Crippen LogP contribution in [0.1, 0.15) is 29.8 Å². The van der Waals surface area contributed by atoms with Crippen molar-refractivity contribution >= 4 is 23.2 Å². The molecule has 0 saturated carbocycles. The van der Waals surface area contributed by atoms with Crippen LogP contribution in [0.2, 0.25) is 0 Å². The Kier molecular flexibility index (Phi) is 5.57. The molecule has 4 aromatic rings. The number of carbonyl (C=O) groups excluding carboxylic acids is 1. The van der Waals surface area contributed by atoms with Gasteiger partial charge in [0, 0.05) is 11.1 Å². The monoisotopic (exact) mass is 398 g/mol. The molecule has 0 saturated heterocycles. The fourth-order valence-corrected chi connectivity index (χ4v) is 3.05. The molecular weight excluding hydrogens is 376 g/mol. The number of aromatic nitrogens is 2. The van der Waals surface area contributed by atoms with E-state index in [1.807, 2.05) is 74.5 Å². The van der Waals surface area contributed by atoms with Crippen LogP contribution in [0.5, 0.6) is 5.75 Å². The van der Waals surface area contributed by atoms with Crippen molar-refractivity contribution < 1.29 is 9.53 Å². The second-order valence-electron chi connectivity index (χ2n) is 7.12. The summed E-state index contributed by atoms with van der Waals surface area (Å²) in [5, 5.41) is 4.07. The first-order valence-electron chi connectivity index (χ1n) is 9.74. The molecule has 3 aromatic carbocycles. The van der Waals surface area contributed by atoms with Crippen molar-refractivity contribution in [3.05, 3.63) is 83.9 Å². The molecule has 6 nitrogen and oxygen atoms in total. The standard InChI is InChI=1S/C24H22N4O2/c1-16(2)30-20-10-6-7-17(13-20)15-25-28-24(29)19-11-12-21-22(14-19)27-23(26-21)18-8-4-3-5-9-18/h3-16H,1-2H3,(H,26,27)(H,28,29)/b25-15+. The summed E-state index contributed by atoms with van der Waals surface area (Å²) >= 11 is 0. The number of aromatic amines is 1. The van der Waals surface area contributed by atoms with E-state index < -0.39 is 0 Å². The molecule has 0 atom stereocenters. The Balaban J connectivity index is 1.46. The van der Waals surface area contributed by atoms with Crippen molar-refractivity contribution in [1.82, 2.24) is 15.4 Å². The van der Waals surface area contributed by atoms with Gasteiger partial charge < -0.3 is 9.72 Å². The smallest absolute Gasteiger partial charge is 0.271 e. The van der Waals surface area contributed by atoms with Crippen LogP contribution >= 0.6 is 0 Å². The van der Waals surface area contributed by atoms with Crippen molar-refractivity contribution in [2.45, 2.75) is 20.0 Å². The van der Waals surface area contributed by atoms with Crippen LogP contribution in [-0.4, -0.2) is 28.2 Å². The molecule has 1 aromatic heterocycles. The van der Waals surface area contributed by atoms with E-state index in [1.54, 1.807) is 18.3 Å². The summed E-state index contributed by atoms with van der Waals surface area (Å²) in [6.45, 7) is 3.95. The third kappa shape index (κ3) is 4.55. The molecule has 0 radical (unpaired) electrons. The number of nitrogens with one attached hydrogen (secondary N) is 2. The number of hydrogen-bond donors (Lipinski definition) is 2. The molecule has 0 fully saturated rings. The van der Waals surface area contributed by atoms with Gasteiger partial charge in [0.2, 0.25) is 0 Å². The quantitative estimate of drug-likeness (QED) is 0.362. The zero-order valence-electron chi connectivity index (χ0n) is 16.8. The Hall–Kier alpha value is -3.93. The number of hydrogen-bond acceptors (Lipinski definition) is 4. The molecule has 4 rings (SSSR count). The van der Waals surface area contributed by atoms with Crippen LogP contribution < -0.4 is 10.2 Å². The number of hydrazone groups is 1. The topological polar surface area (TPSA) is 79.4 Å². The average Bonchev–Trinajstić information content (AvgIpc) is 3.17. The van der Waals surface area contributed by atoms with Crippen molar-refractivity contribution in [3.63, 3.8) is 0 Å². The first-order valence-corrected chi connectivity index (χ1v) is 9.74. The number of benzene rings is 3. The minimum atomic E-state index is -0.293. The first-order chi connectivity index (χ1) is 14.6. The predicted octanol–water partition coefficient (Wildman–Crippen LogP) is 4.78. The van der Waals surface area contributed by atoms with Crippen LogP contribution in [0, 0.1) is 0 Å². The van der Waals surface area contributed by atoms with Gasteiger partial charge in [-0.05, 0) is 49.7 Å². The largest absolute Gasteiger partial charge is 0.491 e. The molecule has 30 heavy (non-hydrogen) atoms. The molecule has 6 heteroatoms. The Labute approximate surface area is 174 Å². The maximum absolute atomic E-state index is 12.5.